The standard InChI is InChI=1S/C19H24N4O2S/c1-4-11-23-18(15-7-5-6-8-16(15)25-3)21-22-19(23)26-12-17(24)20-13(2)14-9-10-14/h4-8,13-14H,1,9-12H2,2-3H3,(H,20,24)/t13-/m0/s1. The Kier molecular flexibility index (Phi) is 5.98. The molecule has 1 fully saturated rings. The van der Waals surface area contributed by atoms with Crippen LogP contribution in [0, 0.1) is 5.92 Å². The van der Waals surface area contributed by atoms with Gasteiger partial charge in [0.2, 0.25) is 5.91 Å². The van der Waals surface area contributed by atoms with E-state index >= 15 is 0 Å². The zero-order valence-corrected chi connectivity index (χ0v) is 16.0. The van der Waals surface area contributed by atoms with Crippen LogP contribution in [0.15, 0.2) is 42.1 Å². The third-order valence-corrected chi connectivity index (χ3v) is 5.39. The summed E-state index contributed by atoms with van der Waals surface area (Å²) in [5, 5.41) is 12.4. The fourth-order valence-corrected chi connectivity index (χ4v) is 3.62. The van der Waals surface area contributed by atoms with E-state index in [0.29, 0.717) is 29.2 Å². The van der Waals surface area contributed by atoms with E-state index in [1.54, 1.807) is 13.2 Å². The summed E-state index contributed by atoms with van der Waals surface area (Å²) in [6.07, 6.45) is 4.22. The van der Waals surface area contributed by atoms with Crippen molar-refractivity contribution in [3.63, 3.8) is 0 Å². The van der Waals surface area contributed by atoms with Crippen molar-refractivity contribution in [2.24, 2.45) is 5.92 Å². The van der Waals surface area contributed by atoms with Crippen molar-refractivity contribution in [2.45, 2.75) is 37.5 Å². The third kappa shape index (κ3) is 4.27. The summed E-state index contributed by atoms with van der Waals surface area (Å²) in [5.74, 6) is 2.43. The van der Waals surface area contributed by atoms with Gasteiger partial charge in [-0.15, -0.1) is 16.8 Å². The summed E-state index contributed by atoms with van der Waals surface area (Å²) in [5.41, 5.74) is 0.864. The van der Waals surface area contributed by atoms with Gasteiger partial charge in [-0.05, 0) is 37.8 Å². The van der Waals surface area contributed by atoms with Gasteiger partial charge in [0.05, 0.1) is 18.4 Å². The number of amides is 1. The van der Waals surface area contributed by atoms with Gasteiger partial charge in [0.1, 0.15) is 5.75 Å². The predicted octanol–water partition coefficient (Wildman–Crippen LogP) is 3.15. The van der Waals surface area contributed by atoms with Crippen LogP contribution in [0.4, 0.5) is 0 Å². The maximum Gasteiger partial charge on any atom is 0.230 e. The fraction of sp³-hybridized carbons (Fsp3) is 0.421. The van der Waals surface area contributed by atoms with Gasteiger partial charge >= 0.3 is 0 Å². The van der Waals surface area contributed by atoms with Crippen molar-refractivity contribution in [1.82, 2.24) is 20.1 Å². The molecule has 0 radical (unpaired) electrons. The van der Waals surface area contributed by atoms with Crippen molar-refractivity contribution in [2.75, 3.05) is 12.9 Å². The molecule has 1 aliphatic carbocycles. The lowest BCUT2D eigenvalue weighted by atomic mass is 10.2. The molecule has 138 valence electrons. The molecule has 0 saturated heterocycles. The predicted molar refractivity (Wildman–Crippen MR) is 103 cm³/mol. The Balaban J connectivity index is 1.74. The monoisotopic (exact) mass is 372 g/mol. The molecule has 1 aromatic heterocycles. The molecule has 1 aromatic carbocycles. The van der Waals surface area contributed by atoms with Crippen LogP contribution in [-0.2, 0) is 11.3 Å². The first-order chi connectivity index (χ1) is 12.6. The van der Waals surface area contributed by atoms with E-state index in [1.165, 1.54) is 24.6 Å². The normalized spacial score (nSPS) is 14.7. The molecule has 0 bridgehead atoms. The highest BCUT2D eigenvalue weighted by Gasteiger charge is 2.29. The van der Waals surface area contributed by atoms with Crippen molar-refractivity contribution in [3.05, 3.63) is 36.9 Å². The maximum atomic E-state index is 12.2. The Morgan fingerprint density at radius 3 is 2.92 bits per heavy atom. The molecule has 26 heavy (non-hydrogen) atoms. The average Bonchev–Trinajstić information content (AvgIpc) is 3.43. The van der Waals surface area contributed by atoms with Crippen LogP contribution < -0.4 is 10.1 Å². The summed E-state index contributed by atoms with van der Waals surface area (Å²) in [6, 6.07) is 7.93. The van der Waals surface area contributed by atoms with Gasteiger partial charge in [-0.25, -0.2) is 0 Å². The number of rotatable bonds is 9. The minimum absolute atomic E-state index is 0.0291. The number of ether oxygens (including phenoxy) is 1. The molecule has 1 amide bonds. The zero-order valence-electron chi connectivity index (χ0n) is 15.1. The van der Waals surface area contributed by atoms with Crippen LogP contribution in [-0.4, -0.2) is 39.6 Å². The van der Waals surface area contributed by atoms with Crippen molar-refractivity contribution in [1.29, 1.82) is 0 Å². The SMILES string of the molecule is C=CCn1c(SCC(=O)N[C@@H](C)C2CC2)nnc1-c1ccccc1OC. The molecular weight excluding hydrogens is 348 g/mol. The van der Waals surface area contributed by atoms with Gasteiger partial charge in [0.25, 0.3) is 0 Å². The summed E-state index contributed by atoms with van der Waals surface area (Å²) < 4.78 is 7.39. The van der Waals surface area contributed by atoms with E-state index in [4.69, 9.17) is 4.74 Å². The second kappa shape index (κ2) is 8.40. The minimum atomic E-state index is 0.0291. The Hall–Kier alpha value is -2.28. The summed E-state index contributed by atoms with van der Waals surface area (Å²) in [7, 11) is 1.63. The van der Waals surface area contributed by atoms with Gasteiger partial charge in [-0.2, -0.15) is 0 Å². The number of methoxy groups -OCH3 is 1. The highest BCUT2D eigenvalue weighted by molar-refractivity contribution is 7.99. The first kappa shape index (κ1) is 18.5. The molecule has 1 saturated carbocycles. The van der Waals surface area contributed by atoms with Crippen LogP contribution in [0.5, 0.6) is 5.75 Å². The van der Waals surface area contributed by atoms with Crippen LogP contribution in [0.25, 0.3) is 11.4 Å². The number of para-hydroxylation sites is 1. The zero-order chi connectivity index (χ0) is 18.5. The number of carbonyl (C=O) groups is 1. The number of nitrogens with zero attached hydrogens (tertiary/aromatic N) is 3. The van der Waals surface area contributed by atoms with Gasteiger partial charge in [0.15, 0.2) is 11.0 Å². The van der Waals surface area contributed by atoms with Crippen LogP contribution in [0.1, 0.15) is 19.8 Å². The number of hydrogen-bond donors (Lipinski definition) is 1. The summed E-state index contributed by atoms with van der Waals surface area (Å²) in [4.78, 5) is 12.2. The average molecular weight is 372 g/mol. The van der Waals surface area contributed by atoms with Crippen LogP contribution in [0.2, 0.25) is 0 Å². The lowest BCUT2D eigenvalue weighted by Gasteiger charge is -2.13. The lowest BCUT2D eigenvalue weighted by molar-refractivity contribution is -0.119. The van der Waals surface area contributed by atoms with E-state index in [9.17, 15) is 4.79 Å². The summed E-state index contributed by atoms with van der Waals surface area (Å²) >= 11 is 1.39. The van der Waals surface area contributed by atoms with Crippen molar-refractivity contribution < 1.29 is 9.53 Å². The van der Waals surface area contributed by atoms with E-state index in [0.717, 1.165) is 11.3 Å². The number of aromatic nitrogens is 3. The smallest absolute Gasteiger partial charge is 0.230 e. The first-order valence-corrected chi connectivity index (χ1v) is 9.72. The Morgan fingerprint density at radius 1 is 1.46 bits per heavy atom. The lowest BCUT2D eigenvalue weighted by Crippen LogP contribution is -2.35. The van der Waals surface area contributed by atoms with Crippen molar-refractivity contribution in [3.8, 4) is 17.1 Å². The van der Waals surface area contributed by atoms with E-state index in [-0.39, 0.29) is 11.9 Å². The highest BCUT2D eigenvalue weighted by Crippen LogP contribution is 2.33. The Morgan fingerprint density at radius 2 is 2.23 bits per heavy atom. The van der Waals surface area contributed by atoms with E-state index < -0.39 is 0 Å². The third-order valence-electron chi connectivity index (χ3n) is 4.43. The van der Waals surface area contributed by atoms with E-state index in [1.807, 2.05) is 28.8 Å². The highest BCUT2D eigenvalue weighted by atomic mass is 32.2. The molecular formula is C19H24N4O2S. The molecule has 7 heteroatoms. The first-order valence-electron chi connectivity index (χ1n) is 8.73. The minimum Gasteiger partial charge on any atom is -0.496 e. The maximum absolute atomic E-state index is 12.2. The molecule has 1 heterocycles. The van der Waals surface area contributed by atoms with E-state index in [2.05, 4.69) is 29.0 Å². The van der Waals surface area contributed by atoms with Crippen LogP contribution >= 0.6 is 11.8 Å². The quantitative estimate of drug-likeness (QED) is 0.541. The van der Waals surface area contributed by atoms with Gasteiger partial charge in [0, 0.05) is 12.6 Å². The molecule has 3 rings (SSSR count). The van der Waals surface area contributed by atoms with Gasteiger partial charge in [-0.3, -0.25) is 9.36 Å². The van der Waals surface area contributed by atoms with Crippen molar-refractivity contribution >= 4 is 17.7 Å². The number of hydrogen-bond acceptors (Lipinski definition) is 5. The number of nitrogens with one attached hydrogen (secondary N) is 1. The molecule has 1 N–H and O–H groups in total. The molecule has 6 nitrogen and oxygen atoms in total. The van der Waals surface area contributed by atoms with Gasteiger partial charge < -0.3 is 10.1 Å². The molecule has 0 unspecified atom stereocenters. The molecule has 0 aliphatic heterocycles. The van der Waals surface area contributed by atoms with Crippen LogP contribution in [0.3, 0.4) is 0 Å². The summed E-state index contributed by atoms with van der Waals surface area (Å²) in [6.45, 7) is 6.45. The number of allylic oxidation sites excluding steroid dienone is 1. The Labute approximate surface area is 158 Å². The molecule has 0 spiro atoms. The molecule has 1 atom stereocenters. The number of thioether (sulfide) groups is 1. The Bertz CT molecular complexity index is 786. The largest absolute Gasteiger partial charge is 0.496 e. The number of carbonyl (C=O) groups excluding carboxylic acids is 1. The second-order valence-electron chi connectivity index (χ2n) is 6.39. The molecule has 1 aliphatic rings. The fourth-order valence-electron chi connectivity index (χ4n) is 2.86. The second-order valence-corrected chi connectivity index (χ2v) is 7.33. The topological polar surface area (TPSA) is 69.0 Å². The number of benzene rings is 1. The molecule has 2 aromatic rings. The van der Waals surface area contributed by atoms with Gasteiger partial charge in [-0.1, -0.05) is 30.0 Å².